The van der Waals surface area contributed by atoms with Crippen molar-refractivity contribution in [1.29, 1.82) is 0 Å². The number of aryl methyl sites for hydroxylation is 1. The van der Waals surface area contributed by atoms with Gasteiger partial charge >= 0.3 is 0 Å². The van der Waals surface area contributed by atoms with Gasteiger partial charge in [-0.3, -0.25) is 4.79 Å². The first kappa shape index (κ1) is 19.0. The van der Waals surface area contributed by atoms with E-state index in [0.717, 1.165) is 62.5 Å². The lowest BCUT2D eigenvalue weighted by molar-refractivity contribution is -0.122. The zero-order valence-electron chi connectivity index (χ0n) is 17.0. The lowest BCUT2D eigenvalue weighted by Crippen LogP contribution is -2.39. The summed E-state index contributed by atoms with van der Waals surface area (Å²) in [6, 6.07) is 10.4. The van der Waals surface area contributed by atoms with E-state index >= 15 is 0 Å². The quantitative estimate of drug-likeness (QED) is 0.462. The highest BCUT2D eigenvalue weighted by atomic mass is 32.1. The number of nitrogens with zero attached hydrogens (tertiary/aromatic N) is 3. The fourth-order valence-corrected chi connectivity index (χ4v) is 5.23. The molecule has 1 amide bonds. The molecule has 3 aromatic heterocycles. The first-order chi connectivity index (χ1) is 14.6. The van der Waals surface area contributed by atoms with Crippen LogP contribution in [0, 0.1) is 0 Å². The third kappa shape index (κ3) is 3.32. The Hall–Kier alpha value is -2.97. The highest BCUT2D eigenvalue weighted by molar-refractivity contribution is 7.23. The summed E-state index contributed by atoms with van der Waals surface area (Å²) in [5.74, 6) is 0.876. The summed E-state index contributed by atoms with van der Waals surface area (Å²) in [5, 5.41) is 9.46. The van der Waals surface area contributed by atoms with Gasteiger partial charge in [-0.1, -0.05) is 18.2 Å². The molecule has 1 aliphatic heterocycles. The molecule has 0 saturated carbocycles. The van der Waals surface area contributed by atoms with Crippen LogP contribution in [0.2, 0.25) is 0 Å². The topological polar surface area (TPSA) is 83.9 Å². The number of benzene rings is 1. The van der Waals surface area contributed by atoms with Crippen molar-refractivity contribution < 1.29 is 4.79 Å². The second kappa shape index (κ2) is 7.70. The molecule has 0 aliphatic carbocycles. The van der Waals surface area contributed by atoms with Gasteiger partial charge in [-0.25, -0.2) is 9.97 Å². The Labute approximate surface area is 178 Å². The largest absolute Gasteiger partial charge is 0.371 e. The molecule has 0 bridgehead atoms. The van der Waals surface area contributed by atoms with E-state index in [2.05, 4.69) is 45.2 Å². The summed E-state index contributed by atoms with van der Waals surface area (Å²) < 4.78 is 3.17. The molecule has 1 aliphatic rings. The third-order valence-electron chi connectivity index (χ3n) is 5.61. The molecule has 0 spiro atoms. The molecular weight excluding hydrogens is 396 g/mol. The molecule has 1 fully saturated rings. The van der Waals surface area contributed by atoms with Crippen LogP contribution in [0.1, 0.15) is 18.4 Å². The van der Waals surface area contributed by atoms with Gasteiger partial charge in [0.2, 0.25) is 5.91 Å². The van der Waals surface area contributed by atoms with Gasteiger partial charge in [0.15, 0.2) is 5.82 Å². The van der Waals surface area contributed by atoms with Crippen molar-refractivity contribution in [2.45, 2.75) is 25.4 Å². The minimum atomic E-state index is -0.0514. The number of anilines is 1. The number of carbonyl (C=O) groups excluding carboxylic acids is 1. The van der Waals surface area contributed by atoms with E-state index in [0.29, 0.717) is 6.54 Å². The molecule has 4 aromatic rings. The molecule has 5 rings (SSSR count). The Kier molecular flexibility index (Phi) is 4.88. The van der Waals surface area contributed by atoms with Crippen molar-refractivity contribution in [3.63, 3.8) is 0 Å². The normalized spacial score (nSPS) is 16.4. The number of fused-ring (bicyclic) bond motifs is 3. The molecular formula is C22H24N6OS. The Morgan fingerprint density at radius 2 is 2.27 bits per heavy atom. The second-order valence-electron chi connectivity index (χ2n) is 7.66. The average Bonchev–Trinajstić information content (AvgIpc) is 3.51. The molecule has 1 aromatic carbocycles. The highest BCUT2D eigenvalue weighted by Crippen LogP contribution is 2.38. The maximum atomic E-state index is 12.3. The van der Waals surface area contributed by atoms with E-state index in [1.165, 1.54) is 0 Å². The summed E-state index contributed by atoms with van der Waals surface area (Å²) in [7, 11) is 3.88. The molecule has 30 heavy (non-hydrogen) atoms. The van der Waals surface area contributed by atoms with Crippen LogP contribution in [0.4, 0.5) is 5.82 Å². The molecule has 4 heterocycles. The van der Waals surface area contributed by atoms with Gasteiger partial charge in [0.05, 0.1) is 28.1 Å². The van der Waals surface area contributed by atoms with Crippen molar-refractivity contribution in [2.75, 3.05) is 18.9 Å². The number of pyridine rings is 1. The predicted octanol–water partition coefficient (Wildman–Crippen LogP) is 3.26. The first-order valence-corrected chi connectivity index (χ1v) is 11.0. The van der Waals surface area contributed by atoms with Crippen molar-refractivity contribution in [3.05, 3.63) is 42.2 Å². The van der Waals surface area contributed by atoms with Crippen LogP contribution in [0.25, 0.3) is 31.7 Å². The van der Waals surface area contributed by atoms with E-state index in [4.69, 9.17) is 4.98 Å². The lowest BCUT2D eigenvalue weighted by Gasteiger charge is -2.11. The minimum absolute atomic E-state index is 0.0514. The summed E-state index contributed by atoms with van der Waals surface area (Å²) in [5.41, 5.74) is 5.16. The number of imidazole rings is 1. The number of carbonyl (C=O) groups is 1. The van der Waals surface area contributed by atoms with Crippen molar-refractivity contribution in [2.24, 2.45) is 7.05 Å². The molecule has 0 unspecified atom stereocenters. The standard InChI is InChI=1S/C22H24N6OS/c1-23-21-18-19(28(2)12-26-18)20-16(27-21)10-17(30-20)14-6-3-5-13(9-14)11-25-22(29)15-7-4-8-24-15/h3,5-6,9-10,12,15,24H,4,7-8,11H2,1-2H3,(H,23,27)(H,25,29)/t15-/m0/s1. The number of nitrogens with one attached hydrogen (secondary N) is 3. The van der Waals surface area contributed by atoms with E-state index < -0.39 is 0 Å². The zero-order chi connectivity index (χ0) is 20.7. The first-order valence-electron chi connectivity index (χ1n) is 10.2. The molecule has 1 saturated heterocycles. The van der Waals surface area contributed by atoms with Gasteiger partial charge in [0.1, 0.15) is 5.52 Å². The van der Waals surface area contributed by atoms with E-state index in [9.17, 15) is 4.79 Å². The Morgan fingerprint density at radius 1 is 1.37 bits per heavy atom. The van der Waals surface area contributed by atoms with Crippen LogP contribution in [0.15, 0.2) is 36.7 Å². The van der Waals surface area contributed by atoms with Crippen molar-refractivity contribution in [1.82, 2.24) is 25.2 Å². The van der Waals surface area contributed by atoms with Crippen LogP contribution in [0.3, 0.4) is 0 Å². The van der Waals surface area contributed by atoms with Crippen molar-refractivity contribution in [3.8, 4) is 10.4 Å². The third-order valence-corrected chi connectivity index (χ3v) is 6.79. The second-order valence-corrected chi connectivity index (χ2v) is 8.71. The number of rotatable bonds is 5. The van der Waals surface area contributed by atoms with Crippen LogP contribution in [0.5, 0.6) is 0 Å². The Balaban J connectivity index is 1.45. The van der Waals surface area contributed by atoms with Gasteiger partial charge in [-0.05, 0) is 42.6 Å². The molecule has 0 radical (unpaired) electrons. The Morgan fingerprint density at radius 3 is 3.07 bits per heavy atom. The average molecular weight is 421 g/mol. The predicted molar refractivity (Wildman–Crippen MR) is 122 cm³/mol. The monoisotopic (exact) mass is 420 g/mol. The minimum Gasteiger partial charge on any atom is -0.371 e. The summed E-state index contributed by atoms with van der Waals surface area (Å²) in [4.78, 5) is 22.7. The number of aromatic nitrogens is 3. The maximum Gasteiger partial charge on any atom is 0.237 e. The van der Waals surface area contributed by atoms with Crippen LogP contribution in [-0.2, 0) is 18.4 Å². The molecule has 3 N–H and O–H groups in total. The van der Waals surface area contributed by atoms with Crippen LogP contribution >= 0.6 is 11.3 Å². The van der Waals surface area contributed by atoms with Gasteiger partial charge in [0.25, 0.3) is 0 Å². The molecule has 1 atom stereocenters. The van der Waals surface area contributed by atoms with Gasteiger partial charge in [-0.2, -0.15) is 0 Å². The smallest absolute Gasteiger partial charge is 0.237 e. The van der Waals surface area contributed by atoms with Gasteiger partial charge in [-0.15, -0.1) is 11.3 Å². The molecule has 154 valence electrons. The number of thiophene rings is 1. The fourth-order valence-electron chi connectivity index (χ4n) is 4.05. The zero-order valence-corrected chi connectivity index (χ0v) is 17.8. The molecule has 7 nitrogen and oxygen atoms in total. The van der Waals surface area contributed by atoms with Gasteiger partial charge < -0.3 is 20.5 Å². The molecule has 8 heteroatoms. The van der Waals surface area contributed by atoms with Crippen molar-refractivity contribution >= 4 is 44.3 Å². The summed E-state index contributed by atoms with van der Waals surface area (Å²) in [6.45, 7) is 1.45. The van der Waals surface area contributed by atoms with Gasteiger partial charge in [0, 0.05) is 25.5 Å². The van der Waals surface area contributed by atoms with E-state index in [1.54, 1.807) is 11.3 Å². The van der Waals surface area contributed by atoms with Crippen LogP contribution in [-0.4, -0.2) is 40.1 Å². The number of amides is 1. The Bertz CT molecular complexity index is 1240. The fraction of sp³-hybridized carbons (Fsp3) is 0.318. The number of hydrogen-bond acceptors (Lipinski definition) is 6. The van der Waals surface area contributed by atoms with E-state index in [-0.39, 0.29) is 11.9 Å². The van der Waals surface area contributed by atoms with Crippen LogP contribution < -0.4 is 16.0 Å². The SMILES string of the molecule is CNc1nc2cc(-c3cccc(CNC(=O)[C@@H]4CCCN4)c3)sc2c2c1ncn2C. The highest BCUT2D eigenvalue weighted by Gasteiger charge is 2.21. The lowest BCUT2D eigenvalue weighted by atomic mass is 10.1. The maximum absolute atomic E-state index is 12.3. The summed E-state index contributed by atoms with van der Waals surface area (Å²) in [6.07, 6.45) is 3.80. The summed E-state index contributed by atoms with van der Waals surface area (Å²) >= 11 is 1.72. The number of hydrogen-bond donors (Lipinski definition) is 3. The van der Waals surface area contributed by atoms with E-state index in [1.807, 2.05) is 31.1 Å².